The van der Waals surface area contributed by atoms with Crippen molar-refractivity contribution < 1.29 is 13.2 Å². The Hall–Kier alpha value is -0.210. The maximum Gasteiger partial charge on any atom is 0.279 e. The van der Waals surface area contributed by atoms with E-state index in [4.69, 9.17) is 4.74 Å². The van der Waals surface area contributed by atoms with E-state index >= 15 is 0 Å². The van der Waals surface area contributed by atoms with E-state index < -0.39 is 10.2 Å². The second kappa shape index (κ2) is 7.54. The summed E-state index contributed by atoms with van der Waals surface area (Å²) in [6, 6.07) is 0. The first-order valence-electron chi connectivity index (χ1n) is 6.93. The third kappa shape index (κ3) is 5.74. The lowest BCUT2D eigenvalue weighted by Crippen LogP contribution is -2.53. The van der Waals surface area contributed by atoms with Crippen LogP contribution in [0, 0.1) is 0 Å². The van der Waals surface area contributed by atoms with Crippen LogP contribution in [0.5, 0.6) is 0 Å². The predicted octanol–water partition coefficient (Wildman–Crippen LogP) is 0.321. The normalized spacial score (nSPS) is 19.8. The third-order valence-corrected chi connectivity index (χ3v) is 5.21. The quantitative estimate of drug-likeness (QED) is 0.632. The fraction of sp³-hybridized carbons (Fsp3) is 1.00. The van der Waals surface area contributed by atoms with Gasteiger partial charge >= 0.3 is 0 Å². The number of nitrogens with zero attached hydrogens (tertiary/aromatic N) is 1. The molecular formula is C12H27N3O3S. The van der Waals surface area contributed by atoms with Gasteiger partial charge in [0.1, 0.15) is 0 Å². The van der Waals surface area contributed by atoms with Crippen LogP contribution in [0.1, 0.15) is 33.1 Å². The van der Waals surface area contributed by atoms with Crippen LogP contribution in [0.25, 0.3) is 0 Å². The summed E-state index contributed by atoms with van der Waals surface area (Å²) in [6.45, 7) is 7.48. The molecule has 0 amide bonds. The molecule has 2 N–H and O–H groups in total. The first-order valence-corrected chi connectivity index (χ1v) is 8.37. The van der Waals surface area contributed by atoms with Gasteiger partial charge in [0.05, 0.1) is 0 Å². The van der Waals surface area contributed by atoms with E-state index in [2.05, 4.69) is 10.0 Å². The van der Waals surface area contributed by atoms with Gasteiger partial charge < -0.3 is 10.1 Å². The summed E-state index contributed by atoms with van der Waals surface area (Å²) >= 11 is 0. The molecule has 7 heteroatoms. The van der Waals surface area contributed by atoms with Gasteiger partial charge in [-0.1, -0.05) is 6.92 Å². The Balaban J connectivity index is 2.45. The van der Waals surface area contributed by atoms with Crippen LogP contribution in [0.2, 0.25) is 0 Å². The van der Waals surface area contributed by atoms with Crippen molar-refractivity contribution >= 4 is 10.2 Å². The summed E-state index contributed by atoms with van der Waals surface area (Å²) in [5.74, 6) is 0. The Labute approximate surface area is 117 Å². The minimum Gasteiger partial charge on any atom is -0.381 e. The zero-order valence-corrected chi connectivity index (χ0v) is 13.1. The minimum absolute atomic E-state index is 0.382. The lowest BCUT2D eigenvalue weighted by Gasteiger charge is -2.35. The van der Waals surface area contributed by atoms with Crippen molar-refractivity contribution in [3.63, 3.8) is 0 Å². The highest BCUT2D eigenvalue weighted by Crippen LogP contribution is 2.21. The Bertz CT molecular complexity index is 353. The van der Waals surface area contributed by atoms with Crippen molar-refractivity contribution in [2.45, 2.75) is 38.6 Å². The second-order valence-corrected chi connectivity index (χ2v) is 7.09. The lowest BCUT2D eigenvalue weighted by molar-refractivity contribution is 0.0532. The maximum atomic E-state index is 12.2. The highest BCUT2D eigenvalue weighted by atomic mass is 32.2. The molecule has 0 saturated carbocycles. The molecule has 0 spiro atoms. The van der Waals surface area contributed by atoms with Gasteiger partial charge in [-0.25, -0.2) is 0 Å². The van der Waals surface area contributed by atoms with E-state index in [1.807, 2.05) is 13.8 Å². The molecule has 1 rings (SSSR count). The summed E-state index contributed by atoms with van der Waals surface area (Å²) in [6.07, 6.45) is 2.25. The van der Waals surface area contributed by atoms with E-state index in [1.54, 1.807) is 7.05 Å². The third-order valence-electron chi connectivity index (χ3n) is 3.46. The van der Waals surface area contributed by atoms with Crippen molar-refractivity contribution in [2.75, 3.05) is 39.9 Å². The molecule has 1 aliphatic heterocycles. The molecule has 0 radical (unpaired) electrons. The average molecular weight is 293 g/mol. The van der Waals surface area contributed by atoms with Gasteiger partial charge in [0.15, 0.2) is 0 Å². The van der Waals surface area contributed by atoms with Crippen molar-refractivity contribution in [3.8, 4) is 0 Å². The number of hydrogen-bond acceptors (Lipinski definition) is 4. The van der Waals surface area contributed by atoms with E-state index in [0.29, 0.717) is 19.8 Å². The number of ether oxygens (including phenoxy) is 1. The molecule has 0 aromatic carbocycles. The van der Waals surface area contributed by atoms with E-state index in [1.165, 1.54) is 4.31 Å². The topological polar surface area (TPSA) is 70.7 Å². The molecule has 0 aromatic heterocycles. The van der Waals surface area contributed by atoms with Crippen molar-refractivity contribution in [3.05, 3.63) is 0 Å². The molecule has 0 bridgehead atoms. The fourth-order valence-electron chi connectivity index (χ4n) is 2.04. The molecule has 114 valence electrons. The first kappa shape index (κ1) is 16.8. The van der Waals surface area contributed by atoms with Crippen molar-refractivity contribution in [1.29, 1.82) is 0 Å². The second-order valence-electron chi connectivity index (χ2n) is 5.31. The molecule has 19 heavy (non-hydrogen) atoms. The van der Waals surface area contributed by atoms with Gasteiger partial charge in [0, 0.05) is 32.3 Å². The molecule has 0 atom stereocenters. The van der Waals surface area contributed by atoms with Gasteiger partial charge in [0.25, 0.3) is 10.2 Å². The predicted molar refractivity (Wildman–Crippen MR) is 76.3 cm³/mol. The Kier molecular flexibility index (Phi) is 6.68. The van der Waals surface area contributed by atoms with Gasteiger partial charge in [-0.2, -0.15) is 17.4 Å². The molecule has 0 unspecified atom stereocenters. The van der Waals surface area contributed by atoms with Crippen LogP contribution >= 0.6 is 0 Å². The molecule has 0 aromatic rings. The number of nitrogens with one attached hydrogen (secondary N) is 2. The molecule has 1 heterocycles. The molecule has 1 saturated heterocycles. The maximum absolute atomic E-state index is 12.2. The van der Waals surface area contributed by atoms with Gasteiger partial charge in [-0.15, -0.1) is 0 Å². The van der Waals surface area contributed by atoms with E-state index in [-0.39, 0.29) is 5.54 Å². The van der Waals surface area contributed by atoms with E-state index in [0.717, 1.165) is 32.4 Å². The minimum atomic E-state index is -3.41. The highest BCUT2D eigenvalue weighted by Gasteiger charge is 2.33. The first-order chi connectivity index (χ1) is 8.90. The summed E-state index contributed by atoms with van der Waals surface area (Å²) in [4.78, 5) is 0. The molecule has 6 nitrogen and oxygen atoms in total. The Morgan fingerprint density at radius 2 is 1.95 bits per heavy atom. The lowest BCUT2D eigenvalue weighted by atomic mass is 9.94. The van der Waals surface area contributed by atoms with Crippen LogP contribution in [0.3, 0.4) is 0 Å². The zero-order valence-electron chi connectivity index (χ0n) is 12.2. The van der Waals surface area contributed by atoms with Crippen LogP contribution in [0.4, 0.5) is 0 Å². The largest absolute Gasteiger partial charge is 0.381 e. The summed E-state index contributed by atoms with van der Waals surface area (Å²) in [5, 5.41) is 3.19. The Morgan fingerprint density at radius 1 is 1.32 bits per heavy atom. The highest BCUT2D eigenvalue weighted by molar-refractivity contribution is 7.87. The molecular weight excluding hydrogens is 266 g/mol. The monoisotopic (exact) mass is 293 g/mol. The van der Waals surface area contributed by atoms with Crippen LogP contribution in [-0.4, -0.2) is 58.2 Å². The van der Waals surface area contributed by atoms with Crippen LogP contribution < -0.4 is 10.0 Å². The number of rotatable bonds is 8. The molecule has 0 aliphatic carbocycles. The van der Waals surface area contributed by atoms with Gasteiger partial charge in [-0.05, 0) is 39.3 Å². The fourth-order valence-corrected chi connectivity index (χ4v) is 3.39. The summed E-state index contributed by atoms with van der Waals surface area (Å²) < 4.78 is 33.9. The molecule has 1 aliphatic rings. The van der Waals surface area contributed by atoms with Crippen molar-refractivity contribution in [1.82, 2.24) is 14.3 Å². The van der Waals surface area contributed by atoms with Crippen LogP contribution in [0.15, 0.2) is 0 Å². The zero-order chi connectivity index (χ0) is 14.4. The average Bonchev–Trinajstić information content (AvgIpc) is 2.34. The van der Waals surface area contributed by atoms with Crippen molar-refractivity contribution in [2.24, 2.45) is 0 Å². The van der Waals surface area contributed by atoms with E-state index in [9.17, 15) is 8.42 Å². The smallest absolute Gasteiger partial charge is 0.279 e. The SMILES string of the molecule is CCNCCCN(C)S(=O)(=O)NC1(C)CCOCC1. The van der Waals surface area contributed by atoms with Gasteiger partial charge in [0.2, 0.25) is 0 Å². The standard InChI is InChI=1S/C12H27N3O3S/c1-4-13-8-5-9-15(3)19(16,17)14-12(2)6-10-18-11-7-12/h13-14H,4-11H2,1-3H3. The summed E-state index contributed by atoms with van der Waals surface area (Å²) in [5.41, 5.74) is -0.382. The number of hydrogen-bond donors (Lipinski definition) is 2. The van der Waals surface area contributed by atoms with Crippen LogP contribution in [-0.2, 0) is 14.9 Å². The summed E-state index contributed by atoms with van der Waals surface area (Å²) in [7, 11) is -1.78. The Morgan fingerprint density at radius 3 is 2.53 bits per heavy atom. The molecule has 1 fully saturated rings. The van der Waals surface area contributed by atoms with Gasteiger partial charge in [-0.3, -0.25) is 0 Å².